The molecule has 0 amide bonds. The summed E-state index contributed by atoms with van der Waals surface area (Å²) < 4.78 is 13.5. The Balaban J connectivity index is 1.83. The van der Waals surface area contributed by atoms with E-state index in [2.05, 4.69) is 23.3 Å². The minimum absolute atomic E-state index is 0.283. The molecular formula is C15H17FN2S. The van der Waals surface area contributed by atoms with Gasteiger partial charge in [0.15, 0.2) is 0 Å². The fraction of sp³-hybridized carbons (Fsp3) is 0.333. The van der Waals surface area contributed by atoms with Crippen LogP contribution < -0.4 is 5.73 Å². The second-order valence-electron chi connectivity index (χ2n) is 5.01. The molecule has 1 aromatic carbocycles. The average molecular weight is 276 g/mol. The molecule has 1 aliphatic rings. The normalized spacial score (nSPS) is 19.4. The third kappa shape index (κ3) is 2.26. The quantitative estimate of drug-likeness (QED) is 0.849. The molecule has 4 heteroatoms. The molecule has 1 aliphatic heterocycles. The van der Waals surface area contributed by atoms with E-state index < -0.39 is 0 Å². The van der Waals surface area contributed by atoms with Gasteiger partial charge in [0, 0.05) is 24.0 Å². The van der Waals surface area contributed by atoms with E-state index in [1.165, 1.54) is 16.5 Å². The maximum atomic E-state index is 13.5. The highest BCUT2D eigenvalue weighted by molar-refractivity contribution is 7.10. The lowest BCUT2D eigenvalue weighted by Gasteiger charge is -2.33. The number of fused-ring (bicyclic) bond motifs is 1. The van der Waals surface area contributed by atoms with Gasteiger partial charge < -0.3 is 5.73 Å². The first kappa shape index (κ1) is 12.6. The molecule has 0 saturated carbocycles. The third-order valence-corrected chi connectivity index (χ3v) is 4.92. The predicted octanol–water partition coefficient (Wildman–Crippen LogP) is 3.59. The van der Waals surface area contributed by atoms with Crippen molar-refractivity contribution in [1.82, 2.24) is 4.90 Å². The Morgan fingerprint density at radius 3 is 3.11 bits per heavy atom. The average Bonchev–Trinajstić information content (AvgIpc) is 2.87. The van der Waals surface area contributed by atoms with Crippen LogP contribution in [-0.4, -0.2) is 11.4 Å². The summed E-state index contributed by atoms with van der Waals surface area (Å²) in [6, 6.07) is 7.62. The van der Waals surface area contributed by atoms with Crippen LogP contribution in [0, 0.1) is 5.82 Å². The number of nitrogen functional groups attached to an aromatic ring is 1. The number of benzene rings is 1. The topological polar surface area (TPSA) is 29.3 Å². The smallest absolute Gasteiger partial charge is 0.146 e. The summed E-state index contributed by atoms with van der Waals surface area (Å²) in [5.74, 6) is -0.321. The maximum absolute atomic E-state index is 13.5. The number of nitrogens with two attached hydrogens (primary N) is 1. The Labute approximate surface area is 116 Å². The van der Waals surface area contributed by atoms with Crippen molar-refractivity contribution >= 4 is 17.0 Å². The first-order valence-electron chi connectivity index (χ1n) is 6.50. The van der Waals surface area contributed by atoms with Gasteiger partial charge in [0.25, 0.3) is 0 Å². The highest BCUT2D eigenvalue weighted by Gasteiger charge is 2.25. The number of nitrogens with zero attached hydrogens (tertiary/aromatic N) is 1. The number of hydrogen-bond acceptors (Lipinski definition) is 3. The first-order valence-corrected chi connectivity index (χ1v) is 7.38. The fourth-order valence-electron chi connectivity index (χ4n) is 2.72. The van der Waals surface area contributed by atoms with Crippen LogP contribution in [0.4, 0.5) is 10.1 Å². The number of halogens is 1. The van der Waals surface area contributed by atoms with Crippen molar-refractivity contribution in [2.45, 2.75) is 25.9 Å². The molecule has 0 bridgehead atoms. The van der Waals surface area contributed by atoms with Gasteiger partial charge in [0.05, 0.1) is 5.69 Å². The van der Waals surface area contributed by atoms with Gasteiger partial charge in [-0.05, 0) is 42.0 Å². The minimum Gasteiger partial charge on any atom is -0.396 e. The zero-order chi connectivity index (χ0) is 13.4. The van der Waals surface area contributed by atoms with Gasteiger partial charge in [-0.3, -0.25) is 4.90 Å². The van der Waals surface area contributed by atoms with Crippen molar-refractivity contribution in [3.8, 4) is 0 Å². The van der Waals surface area contributed by atoms with Crippen molar-refractivity contribution in [2.75, 3.05) is 12.3 Å². The number of rotatable bonds is 2. The van der Waals surface area contributed by atoms with Crippen LogP contribution in [0.15, 0.2) is 29.6 Å². The Kier molecular flexibility index (Phi) is 3.29. The van der Waals surface area contributed by atoms with E-state index in [4.69, 9.17) is 5.73 Å². The summed E-state index contributed by atoms with van der Waals surface area (Å²) in [6.45, 7) is 3.92. The van der Waals surface area contributed by atoms with E-state index in [9.17, 15) is 4.39 Å². The molecule has 3 rings (SSSR count). The summed E-state index contributed by atoms with van der Waals surface area (Å²) in [5, 5.41) is 2.15. The van der Waals surface area contributed by atoms with Crippen molar-refractivity contribution in [3.63, 3.8) is 0 Å². The van der Waals surface area contributed by atoms with E-state index >= 15 is 0 Å². The zero-order valence-corrected chi connectivity index (χ0v) is 11.7. The van der Waals surface area contributed by atoms with Gasteiger partial charge >= 0.3 is 0 Å². The molecule has 2 aromatic rings. The molecule has 2 N–H and O–H groups in total. The number of hydrogen-bond donors (Lipinski definition) is 1. The van der Waals surface area contributed by atoms with Crippen molar-refractivity contribution in [3.05, 3.63) is 51.5 Å². The SMILES string of the molecule is CC1c2ccsc2CCN1Cc1cccc(F)c1N. The fourth-order valence-corrected chi connectivity index (χ4v) is 3.68. The molecule has 0 radical (unpaired) electrons. The summed E-state index contributed by atoms with van der Waals surface area (Å²) in [7, 11) is 0. The van der Waals surface area contributed by atoms with Crippen LogP contribution in [0.1, 0.15) is 29.0 Å². The lowest BCUT2D eigenvalue weighted by Crippen LogP contribution is -2.32. The molecule has 2 nitrogen and oxygen atoms in total. The van der Waals surface area contributed by atoms with Gasteiger partial charge in [-0.1, -0.05) is 12.1 Å². The molecule has 0 saturated heterocycles. The largest absolute Gasteiger partial charge is 0.396 e. The van der Waals surface area contributed by atoms with Crippen LogP contribution in [0.25, 0.3) is 0 Å². The second kappa shape index (κ2) is 4.94. The molecular weight excluding hydrogens is 259 g/mol. The van der Waals surface area contributed by atoms with Crippen LogP contribution >= 0.6 is 11.3 Å². The van der Waals surface area contributed by atoms with Crippen LogP contribution in [0.5, 0.6) is 0 Å². The van der Waals surface area contributed by atoms with Crippen LogP contribution in [-0.2, 0) is 13.0 Å². The number of thiophene rings is 1. The van der Waals surface area contributed by atoms with Crippen molar-refractivity contribution in [2.24, 2.45) is 0 Å². The summed E-state index contributed by atoms with van der Waals surface area (Å²) in [6.07, 6.45) is 1.08. The molecule has 0 aliphatic carbocycles. The Hall–Kier alpha value is -1.39. The number of para-hydroxylation sites is 1. The van der Waals surface area contributed by atoms with E-state index in [-0.39, 0.29) is 11.5 Å². The third-order valence-electron chi connectivity index (χ3n) is 3.92. The van der Waals surface area contributed by atoms with Crippen LogP contribution in [0.2, 0.25) is 0 Å². The Morgan fingerprint density at radius 1 is 1.42 bits per heavy atom. The minimum atomic E-state index is -0.321. The van der Waals surface area contributed by atoms with E-state index in [0.29, 0.717) is 12.6 Å². The van der Waals surface area contributed by atoms with Gasteiger partial charge in [-0.25, -0.2) is 4.39 Å². The van der Waals surface area contributed by atoms with Crippen molar-refractivity contribution in [1.29, 1.82) is 0 Å². The van der Waals surface area contributed by atoms with Crippen molar-refractivity contribution < 1.29 is 4.39 Å². The molecule has 100 valence electrons. The molecule has 1 aromatic heterocycles. The Bertz CT molecular complexity index is 594. The second-order valence-corrected chi connectivity index (χ2v) is 6.01. The van der Waals surface area contributed by atoms with Gasteiger partial charge in [-0.15, -0.1) is 11.3 Å². The van der Waals surface area contributed by atoms with E-state index in [0.717, 1.165) is 18.5 Å². The standard InChI is InChI=1S/C15H17FN2S/c1-10-12-6-8-19-14(12)5-7-18(10)9-11-3-2-4-13(16)15(11)17/h2-4,6,8,10H,5,7,9,17H2,1H3. The van der Waals surface area contributed by atoms with Gasteiger partial charge in [0.2, 0.25) is 0 Å². The van der Waals surface area contributed by atoms with Crippen LogP contribution in [0.3, 0.4) is 0 Å². The summed E-state index contributed by atoms with van der Waals surface area (Å²) >= 11 is 1.83. The summed E-state index contributed by atoms with van der Waals surface area (Å²) in [4.78, 5) is 3.84. The highest BCUT2D eigenvalue weighted by atomic mass is 32.1. The predicted molar refractivity (Wildman–Crippen MR) is 77.7 cm³/mol. The Morgan fingerprint density at radius 2 is 2.26 bits per heavy atom. The van der Waals surface area contributed by atoms with Gasteiger partial charge in [0.1, 0.15) is 5.82 Å². The molecule has 1 unspecified atom stereocenters. The van der Waals surface area contributed by atoms with E-state index in [1.807, 2.05) is 17.4 Å². The lowest BCUT2D eigenvalue weighted by atomic mass is 10.0. The molecule has 0 fully saturated rings. The molecule has 19 heavy (non-hydrogen) atoms. The highest BCUT2D eigenvalue weighted by Crippen LogP contribution is 2.34. The molecule has 1 atom stereocenters. The molecule has 0 spiro atoms. The van der Waals surface area contributed by atoms with E-state index in [1.54, 1.807) is 6.07 Å². The first-order chi connectivity index (χ1) is 9.16. The summed E-state index contributed by atoms with van der Waals surface area (Å²) in [5.41, 5.74) is 8.39. The maximum Gasteiger partial charge on any atom is 0.146 e. The molecule has 2 heterocycles. The number of anilines is 1. The van der Waals surface area contributed by atoms with Gasteiger partial charge in [-0.2, -0.15) is 0 Å². The lowest BCUT2D eigenvalue weighted by molar-refractivity contribution is 0.191. The zero-order valence-electron chi connectivity index (χ0n) is 10.9. The monoisotopic (exact) mass is 276 g/mol.